The van der Waals surface area contributed by atoms with Gasteiger partial charge in [-0.25, -0.2) is 4.79 Å². The van der Waals surface area contributed by atoms with Gasteiger partial charge in [-0.3, -0.25) is 14.1 Å². The van der Waals surface area contributed by atoms with Gasteiger partial charge in [0.25, 0.3) is 0 Å². The molecule has 0 radical (unpaired) electrons. The normalized spacial score (nSPS) is 17.8. The van der Waals surface area contributed by atoms with Gasteiger partial charge in [0.1, 0.15) is 5.60 Å². The van der Waals surface area contributed by atoms with E-state index >= 15 is 0 Å². The van der Waals surface area contributed by atoms with E-state index in [1.807, 2.05) is 51.1 Å². The van der Waals surface area contributed by atoms with Crippen LogP contribution in [0.5, 0.6) is 0 Å². The molecule has 1 saturated heterocycles. The molecule has 1 aromatic heterocycles. The van der Waals surface area contributed by atoms with E-state index in [4.69, 9.17) is 4.74 Å². The number of hydrogen-bond donors (Lipinski definition) is 2. The second-order valence-electron chi connectivity index (χ2n) is 11.5. The highest BCUT2D eigenvalue weighted by Gasteiger charge is 2.26. The van der Waals surface area contributed by atoms with Gasteiger partial charge < -0.3 is 29.1 Å². The summed E-state index contributed by atoms with van der Waals surface area (Å²) in [4.78, 5) is 20.4. The van der Waals surface area contributed by atoms with Gasteiger partial charge in [0.15, 0.2) is 0 Å². The van der Waals surface area contributed by atoms with Gasteiger partial charge in [-0.05, 0) is 69.5 Å². The lowest BCUT2D eigenvalue weighted by Gasteiger charge is -2.37. The first-order valence-corrected chi connectivity index (χ1v) is 15.3. The number of carbonyl (C=O) groups is 1. The van der Waals surface area contributed by atoms with Gasteiger partial charge in [-0.2, -0.15) is 0 Å². The van der Waals surface area contributed by atoms with Crippen LogP contribution in [0.1, 0.15) is 58.4 Å². The molecule has 1 atom stereocenters. The molecule has 220 valence electrons. The molecule has 11 heteroatoms. The van der Waals surface area contributed by atoms with Crippen molar-refractivity contribution in [3.05, 3.63) is 48.3 Å². The Morgan fingerprint density at radius 2 is 1.77 bits per heavy atom. The minimum Gasteiger partial charge on any atom is -0.755 e. The second-order valence-corrected chi connectivity index (χ2v) is 12.4. The molecule has 1 unspecified atom stereocenters. The number of piperazine rings is 1. The van der Waals surface area contributed by atoms with Crippen molar-refractivity contribution >= 4 is 34.4 Å². The first-order chi connectivity index (χ1) is 19.2. The van der Waals surface area contributed by atoms with E-state index in [0.717, 1.165) is 29.8 Å². The van der Waals surface area contributed by atoms with E-state index in [2.05, 4.69) is 20.5 Å². The van der Waals surface area contributed by atoms with Crippen molar-refractivity contribution in [2.75, 3.05) is 54.2 Å². The fraction of sp³-hybridized carbons (Fsp3) is 0.586. The highest BCUT2D eigenvalue weighted by molar-refractivity contribution is 7.80. The molecule has 2 heterocycles. The quantitative estimate of drug-likeness (QED) is 0.398. The van der Waals surface area contributed by atoms with Crippen LogP contribution in [-0.2, 0) is 22.5 Å². The summed E-state index contributed by atoms with van der Waals surface area (Å²) in [5, 5.41) is 7.21. The molecule has 1 aromatic carbocycles. The largest absolute Gasteiger partial charge is 0.755 e. The second kappa shape index (κ2) is 14.1. The zero-order valence-electron chi connectivity index (χ0n) is 23.9. The third kappa shape index (κ3) is 9.07. The van der Waals surface area contributed by atoms with Crippen molar-refractivity contribution in [3.8, 4) is 0 Å². The summed E-state index contributed by atoms with van der Waals surface area (Å²) in [5.41, 5.74) is 3.05. The summed E-state index contributed by atoms with van der Waals surface area (Å²) < 4.78 is 31.6. The number of rotatable bonds is 10. The van der Waals surface area contributed by atoms with Gasteiger partial charge in [0, 0.05) is 75.5 Å². The minimum absolute atomic E-state index is 0.303. The van der Waals surface area contributed by atoms with Gasteiger partial charge in [0.05, 0.1) is 17.1 Å². The first kappa shape index (κ1) is 30.1. The van der Waals surface area contributed by atoms with Gasteiger partial charge in [0.2, 0.25) is 0 Å². The summed E-state index contributed by atoms with van der Waals surface area (Å²) in [5.74, 6) is 0. The average Bonchev–Trinajstić information content (AvgIpc) is 2.93. The fourth-order valence-electron chi connectivity index (χ4n) is 5.13. The Morgan fingerprint density at radius 3 is 2.42 bits per heavy atom. The Kier molecular flexibility index (Phi) is 10.6. The molecule has 1 saturated carbocycles. The molecule has 2 N–H and O–H groups in total. The number of aromatic nitrogens is 1. The molecule has 4 rings (SSSR count). The highest BCUT2D eigenvalue weighted by Crippen LogP contribution is 2.32. The fourth-order valence-corrected chi connectivity index (χ4v) is 5.64. The lowest BCUT2D eigenvalue weighted by Crippen LogP contribution is -2.51. The van der Waals surface area contributed by atoms with E-state index in [0.29, 0.717) is 57.5 Å². The zero-order chi connectivity index (χ0) is 28.5. The van der Waals surface area contributed by atoms with Crippen LogP contribution < -0.4 is 14.9 Å². The monoisotopic (exact) mass is 571 g/mol. The molecule has 10 nitrogen and oxygen atoms in total. The number of carbonyl (C=O) groups excluding carboxylic acids is 1. The van der Waals surface area contributed by atoms with Crippen molar-refractivity contribution in [1.82, 2.24) is 14.8 Å². The SMILES string of the molecule is CC(C)(C)OC(=O)N1CCN(CCN(c2ccc(NC3CCCCC3)c(NCc3ccncc3)c2)S(=O)[O-])CC1. The summed E-state index contributed by atoms with van der Waals surface area (Å²) in [6, 6.07) is 10.1. The number of pyridine rings is 1. The highest BCUT2D eigenvalue weighted by atomic mass is 32.2. The van der Waals surface area contributed by atoms with Crippen molar-refractivity contribution in [2.45, 2.75) is 71.1 Å². The molecule has 2 aromatic rings. The molecule has 1 aliphatic heterocycles. The third-order valence-corrected chi connectivity index (χ3v) is 8.06. The molecule has 2 aliphatic rings. The maximum Gasteiger partial charge on any atom is 0.410 e. The van der Waals surface area contributed by atoms with Gasteiger partial charge in [-0.1, -0.05) is 19.3 Å². The summed E-state index contributed by atoms with van der Waals surface area (Å²) in [7, 11) is 0. The maximum atomic E-state index is 12.4. The van der Waals surface area contributed by atoms with Crippen LogP contribution in [0.4, 0.5) is 21.9 Å². The first-order valence-electron chi connectivity index (χ1n) is 14.3. The van der Waals surface area contributed by atoms with E-state index in [-0.39, 0.29) is 6.09 Å². The number of nitrogens with zero attached hydrogens (tertiary/aromatic N) is 4. The molecule has 0 bridgehead atoms. The van der Waals surface area contributed by atoms with E-state index < -0.39 is 16.9 Å². The lowest BCUT2D eigenvalue weighted by molar-refractivity contribution is 0.0148. The van der Waals surface area contributed by atoms with Crippen LogP contribution in [0, 0.1) is 0 Å². The van der Waals surface area contributed by atoms with Crippen LogP contribution in [0.25, 0.3) is 0 Å². The molecule has 2 fully saturated rings. The van der Waals surface area contributed by atoms with Crippen molar-refractivity contribution < 1.29 is 18.3 Å². The van der Waals surface area contributed by atoms with Crippen molar-refractivity contribution in [3.63, 3.8) is 0 Å². The number of benzene rings is 1. The lowest BCUT2D eigenvalue weighted by atomic mass is 9.95. The van der Waals surface area contributed by atoms with E-state index in [1.54, 1.807) is 17.3 Å². The Balaban J connectivity index is 1.41. The Morgan fingerprint density at radius 1 is 1.07 bits per heavy atom. The molecule has 1 amide bonds. The van der Waals surface area contributed by atoms with Crippen molar-refractivity contribution in [2.24, 2.45) is 0 Å². The van der Waals surface area contributed by atoms with Crippen LogP contribution in [0.2, 0.25) is 0 Å². The Labute approximate surface area is 240 Å². The number of anilines is 3. The van der Waals surface area contributed by atoms with E-state index in [9.17, 15) is 13.6 Å². The molecule has 40 heavy (non-hydrogen) atoms. The summed E-state index contributed by atoms with van der Waals surface area (Å²) in [6.45, 7) is 9.52. The number of nitrogens with one attached hydrogen (secondary N) is 2. The Bertz CT molecular complexity index is 1120. The smallest absolute Gasteiger partial charge is 0.410 e. The van der Waals surface area contributed by atoms with Gasteiger partial charge in [-0.15, -0.1) is 0 Å². The molecule has 1 aliphatic carbocycles. The molecular weight excluding hydrogens is 528 g/mol. The molecule has 0 spiro atoms. The van der Waals surface area contributed by atoms with E-state index in [1.165, 1.54) is 23.6 Å². The third-order valence-electron chi connectivity index (χ3n) is 7.31. The molecular formula is C29H43N6O4S-. The standard InChI is InChI=1S/C29H44N6O4S/c1-29(2,3)39-28(36)34-18-15-33(16-19-34)17-20-35(40(37)38)25-9-10-26(32-24-7-5-4-6-8-24)27(21-25)31-22-23-11-13-30-14-12-23/h9-14,21,24,31-32H,4-8,15-20,22H2,1-3H3,(H,37,38)/p-1. The number of ether oxygens (including phenoxy) is 1. The van der Waals surface area contributed by atoms with Crippen LogP contribution in [-0.4, -0.2) is 80.6 Å². The van der Waals surface area contributed by atoms with Crippen molar-refractivity contribution in [1.29, 1.82) is 0 Å². The topological polar surface area (TPSA) is 113 Å². The summed E-state index contributed by atoms with van der Waals surface area (Å²) >= 11 is -2.43. The minimum atomic E-state index is -2.43. The van der Waals surface area contributed by atoms with Crippen LogP contribution in [0.3, 0.4) is 0 Å². The Hall–Kier alpha value is -2.89. The predicted molar refractivity (Wildman–Crippen MR) is 159 cm³/mol. The number of hydrogen-bond acceptors (Lipinski definition) is 8. The average molecular weight is 572 g/mol. The zero-order valence-corrected chi connectivity index (χ0v) is 24.8. The summed E-state index contributed by atoms with van der Waals surface area (Å²) in [6.07, 6.45) is 9.25. The van der Waals surface area contributed by atoms with Gasteiger partial charge >= 0.3 is 6.09 Å². The van der Waals surface area contributed by atoms with Crippen LogP contribution in [0.15, 0.2) is 42.7 Å². The maximum absolute atomic E-state index is 12.4. The predicted octanol–water partition coefficient (Wildman–Crippen LogP) is 4.59. The number of amides is 1. The van der Waals surface area contributed by atoms with Crippen LogP contribution >= 0.6 is 0 Å².